The fourth-order valence-electron chi connectivity index (χ4n) is 2.02. The molecule has 1 rings (SSSR count). The molecule has 0 atom stereocenters. The fraction of sp³-hybridized carbons (Fsp3) is 0.500. The topological polar surface area (TPSA) is 70.7 Å². The zero-order chi connectivity index (χ0) is 16.4. The summed E-state index contributed by atoms with van der Waals surface area (Å²) in [7, 11) is 0. The van der Waals surface area contributed by atoms with Gasteiger partial charge in [-0.1, -0.05) is 19.9 Å². The van der Waals surface area contributed by atoms with Gasteiger partial charge in [0.15, 0.2) is 0 Å². The van der Waals surface area contributed by atoms with Crippen molar-refractivity contribution in [2.75, 3.05) is 31.5 Å². The van der Waals surface area contributed by atoms with Gasteiger partial charge in [0, 0.05) is 25.2 Å². The molecule has 0 radical (unpaired) electrons. The molecule has 0 unspecified atom stereocenters. The molecule has 122 valence electrons. The first-order chi connectivity index (χ1) is 10.5. The summed E-state index contributed by atoms with van der Waals surface area (Å²) in [5.74, 6) is 0.0184. The van der Waals surface area contributed by atoms with E-state index in [4.69, 9.17) is 4.74 Å². The molecule has 6 nitrogen and oxygen atoms in total. The zero-order valence-electron chi connectivity index (χ0n) is 13.5. The second-order valence-corrected chi connectivity index (χ2v) is 4.88. The third-order valence-corrected chi connectivity index (χ3v) is 3.18. The summed E-state index contributed by atoms with van der Waals surface area (Å²) in [5, 5.41) is 5.53. The van der Waals surface area contributed by atoms with Gasteiger partial charge in [-0.3, -0.25) is 4.79 Å². The minimum Gasteiger partial charge on any atom is -0.427 e. The molecule has 2 amide bonds. The Balaban J connectivity index is 2.34. The Labute approximate surface area is 131 Å². The summed E-state index contributed by atoms with van der Waals surface area (Å²) in [4.78, 5) is 25.0. The maximum absolute atomic E-state index is 11.8. The maximum atomic E-state index is 11.8. The quantitative estimate of drug-likeness (QED) is 0.440. The third kappa shape index (κ3) is 7.08. The highest BCUT2D eigenvalue weighted by molar-refractivity contribution is 5.89. The van der Waals surface area contributed by atoms with Gasteiger partial charge in [-0.25, -0.2) is 4.79 Å². The average Bonchev–Trinajstić information content (AvgIpc) is 2.47. The van der Waals surface area contributed by atoms with Crippen molar-refractivity contribution < 1.29 is 14.3 Å². The van der Waals surface area contributed by atoms with Gasteiger partial charge >= 0.3 is 12.0 Å². The van der Waals surface area contributed by atoms with Crippen LogP contribution in [0.15, 0.2) is 24.3 Å². The standard InChI is InChI=1S/C16H25N3O3/c1-4-19(5-2)11-7-10-17-16(21)18-14-8-6-9-15(12-14)22-13(3)20/h6,8-9,12H,4-5,7,10-11H2,1-3H3,(H2,17,18,21). The molecule has 6 heteroatoms. The van der Waals surface area contributed by atoms with Gasteiger partial charge in [-0.05, 0) is 38.2 Å². The summed E-state index contributed by atoms with van der Waals surface area (Å²) in [6, 6.07) is 6.46. The van der Waals surface area contributed by atoms with E-state index in [-0.39, 0.29) is 6.03 Å². The van der Waals surface area contributed by atoms with E-state index in [0.717, 1.165) is 26.1 Å². The van der Waals surface area contributed by atoms with E-state index in [2.05, 4.69) is 29.4 Å². The van der Waals surface area contributed by atoms with Gasteiger partial charge < -0.3 is 20.3 Å². The normalized spacial score (nSPS) is 10.4. The lowest BCUT2D eigenvalue weighted by atomic mass is 10.3. The van der Waals surface area contributed by atoms with E-state index in [1.165, 1.54) is 6.92 Å². The number of rotatable bonds is 8. The first kappa shape index (κ1) is 18.0. The molecular weight excluding hydrogens is 282 g/mol. The van der Waals surface area contributed by atoms with E-state index in [1.54, 1.807) is 24.3 Å². The van der Waals surface area contributed by atoms with Crippen LogP contribution >= 0.6 is 0 Å². The van der Waals surface area contributed by atoms with Crippen LogP contribution in [0.2, 0.25) is 0 Å². The second kappa shape index (κ2) is 9.78. The largest absolute Gasteiger partial charge is 0.427 e. The summed E-state index contributed by atoms with van der Waals surface area (Å²) in [5.41, 5.74) is 0.583. The molecule has 1 aromatic rings. The number of hydrogen-bond acceptors (Lipinski definition) is 4. The molecule has 0 aliphatic carbocycles. The number of anilines is 1. The van der Waals surface area contributed by atoms with Crippen LogP contribution in [0.3, 0.4) is 0 Å². The van der Waals surface area contributed by atoms with Crippen LogP contribution in [0, 0.1) is 0 Å². The van der Waals surface area contributed by atoms with Crippen molar-refractivity contribution in [1.82, 2.24) is 10.2 Å². The lowest BCUT2D eigenvalue weighted by molar-refractivity contribution is -0.131. The van der Waals surface area contributed by atoms with Gasteiger partial charge in [0.2, 0.25) is 0 Å². The van der Waals surface area contributed by atoms with E-state index in [0.29, 0.717) is 18.0 Å². The highest BCUT2D eigenvalue weighted by Gasteiger charge is 2.04. The lowest BCUT2D eigenvalue weighted by Crippen LogP contribution is -2.32. The van der Waals surface area contributed by atoms with Crippen LogP contribution in [0.5, 0.6) is 5.75 Å². The molecular formula is C16H25N3O3. The molecule has 0 saturated carbocycles. The van der Waals surface area contributed by atoms with E-state index in [9.17, 15) is 9.59 Å². The van der Waals surface area contributed by atoms with Crippen LogP contribution in [0.1, 0.15) is 27.2 Å². The summed E-state index contributed by atoms with van der Waals surface area (Å²) in [6.45, 7) is 9.21. The Morgan fingerprint density at radius 1 is 1.23 bits per heavy atom. The van der Waals surface area contributed by atoms with Crippen molar-refractivity contribution in [2.24, 2.45) is 0 Å². The van der Waals surface area contributed by atoms with Crippen LogP contribution < -0.4 is 15.4 Å². The molecule has 0 spiro atoms. The van der Waals surface area contributed by atoms with Crippen molar-refractivity contribution in [1.29, 1.82) is 0 Å². The van der Waals surface area contributed by atoms with Crippen molar-refractivity contribution in [2.45, 2.75) is 27.2 Å². The molecule has 0 bridgehead atoms. The van der Waals surface area contributed by atoms with Gasteiger partial charge in [-0.2, -0.15) is 0 Å². The summed E-state index contributed by atoms with van der Waals surface area (Å²) >= 11 is 0. The molecule has 22 heavy (non-hydrogen) atoms. The number of hydrogen-bond donors (Lipinski definition) is 2. The minimum atomic E-state index is -0.391. The number of ether oxygens (including phenoxy) is 1. The number of urea groups is 1. The number of carbonyl (C=O) groups excluding carboxylic acids is 2. The SMILES string of the molecule is CCN(CC)CCCNC(=O)Nc1cccc(OC(C)=O)c1. The Bertz CT molecular complexity index is 487. The highest BCUT2D eigenvalue weighted by atomic mass is 16.5. The summed E-state index contributed by atoms with van der Waals surface area (Å²) < 4.78 is 4.97. The van der Waals surface area contributed by atoms with Gasteiger partial charge in [0.25, 0.3) is 0 Å². The predicted molar refractivity (Wildman–Crippen MR) is 87.2 cm³/mol. The number of nitrogens with one attached hydrogen (secondary N) is 2. The van der Waals surface area contributed by atoms with E-state index >= 15 is 0 Å². The second-order valence-electron chi connectivity index (χ2n) is 4.88. The zero-order valence-corrected chi connectivity index (χ0v) is 13.5. The molecule has 0 heterocycles. The smallest absolute Gasteiger partial charge is 0.319 e. The molecule has 0 aromatic heterocycles. The first-order valence-electron chi connectivity index (χ1n) is 7.60. The van der Waals surface area contributed by atoms with E-state index in [1.807, 2.05) is 0 Å². The lowest BCUT2D eigenvalue weighted by Gasteiger charge is -2.17. The van der Waals surface area contributed by atoms with Crippen molar-refractivity contribution in [3.05, 3.63) is 24.3 Å². The molecule has 0 saturated heterocycles. The molecule has 2 N–H and O–H groups in total. The Kier molecular flexibility index (Phi) is 7.99. The Morgan fingerprint density at radius 3 is 2.59 bits per heavy atom. The molecule has 0 aliphatic heterocycles. The fourth-order valence-corrected chi connectivity index (χ4v) is 2.02. The Hall–Kier alpha value is -2.08. The van der Waals surface area contributed by atoms with Crippen LogP contribution in [-0.4, -0.2) is 43.1 Å². The van der Waals surface area contributed by atoms with Crippen LogP contribution in [0.25, 0.3) is 0 Å². The first-order valence-corrected chi connectivity index (χ1v) is 7.60. The number of benzene rings is 1. The molecule has 1 aromatic carbocycles. The maximum Gasteiger partial charge on any atom is 0.319 e. The van der Waals surface area contributed by atoms with Gasteiger partial charge in [0.1, 0.15) is 5.75 Å². The van der Waals surface area contributed by atoms with Crippen molar-refractivity contribution >= 4 is 17.7 Å². The molecule has 0 aliphatic rings. The third-order valence-electron chi connectivity index (χ3n) is 3.18. The number of amides is 2. The number of nitrogens with zero attached hydrogens (tertiary/aromatic N) is 1. The van der Waals surface area contributed by atoms with Crippen LogP contribution in [0.4, 0.5) is 10.5 Å². The molecule has 0 fully saturated rings. The monoisotopic (exact) mass is 307 g/mol. The van der Waals surface area contributed by atoms with E-state index < -0.39 is 5.97 Å². The van der Waals surface area contributed by atoms with Gasteiger partial charge in [0.05, 0.1) is 0 Å². The number of carbonyl (C=O) groups is 2. The van der Waals surface area contributed by atoms with Crippen molar-refractivity contribution in [3.8, 4) is 5.75 Å². The average molecular weight is 307 g/mol. The number of esters is 1. The highest BCUT2D eigenvalue weighted by Crippen LogP contribution is 2.17. The van der Waals surface area contributed by atoms with Crippen molar-refractivity contribution in [3.63, 3.8) is 0 Å². The summed E-state index contributed by atoms with van der Waals surface area (Å²) in [6.07, 6.45) is 0.905. The Morgan fingerprint density at radius 2 is 1.95 bits per heavy atom. The minimum absolute atomic E-state index is 0.264. The predicted octanol–water partition coefficient (Wildman–Crippen LogP) is 2.47. The van der Waals surface area contributed by atoms with Gasteiger partial charge in [-0.15, -0.1) is 0 Å². The van der Waals surface area contributed by atoms with Crippen LogP contribution in [-0.2, 0) is 4.79 Å².